The Balaban J connectivity index is 5.01. The first kappa shape index (κ1) is 15.1. The maximum atomic E-state index is 12.1. The van der Waals surface area contributed by atoms with Crippen molar-refractivity contribution in [1.29, 1.82) is 0 Å². The maximum absolute atomic E-state index is 12.1. The Morgan fingerprint density at radius 1 is 1.31 bits per heavy atom. The average Bonchev–Trinajstić information content (AvgIpc) is 2.19. The lowest BCUT2D eigenvalue weighted by Gasteiger charge is -2.16. The Morgan fingerprint density at radius 2 is 1.81 bits per heavy atom. The molecule has 0 radical (unpaired) electrons. The van der Waals surface area contributed by atoms with Gasteiger partial charge in [0, 0.05) is 6.54 Å². The molecule has 0 aliphatic rings. The minimum atomic E-state index is -3.83. The van der Waals surface area contributed by atoms with Crippen molar-refractivity contribution < 1.29 is 23.6 Å². The SMILES string of the molecule is CCNC(=O)C(=NO)P(=O)(OCC)OCC. The molecule has 94 valence electrons. The maximum Gasteiger partial charge on any atom is 0.388 e. The second-order valence-corrected chi connectivity index (χ2v) is 4.55. The minimum absolute atomic E-state index is 0.0791. The molecule has 0 rings (SSSR count). The molecule has 0 aliphatic carbocycles. The van der Waals surface area contributed by atoms with Gasteiger partial charge < -0.3 is 19.6 Å². The molecule has 0 heterocycles. The van der Waals surface area contributed by atoms with E-state index in [-0.39, 0.29) is 13.2 Å². The molecule has 0 atom stereocenters. The standard InChI is InChI=1S/C8H17N2O5P/c1-4-9-7(11)8(10-12)16(13,14-5-2)15-6-3/h12H,4-6H2,1-3H3,(H,9,11). The molecule has 0 aromatic carbocycles. The van der Waals surface area contributed by atoms with Crippen molar-refractivity contribution in [2.24, 2.45) is 5.16 Å². The molecule has 7 nitrogen and oxygen atoms in total. The van der Waals surface area contributed by atoms with Gasteiger partial charge in [-0.05, 0) is 20.8 Å². The summed E-state index contributed by atoms with van der Waals surface area (Å²) in [5.41, 5.74) is -0.627. The molecule has 0 aromatic rings. The van der Waals surface area contributed by atoms with E-state index in [1.165, 1.54) is 0 Å². The lowest BCUT2D eigenvalue weighted by atomic mass is 10.6. The molecule has 0 saturated carbocycles. The van der Waals surface area contributed by atoms with Gasteiger partial charge in [-0.3, -0.25) is 9.36 Å². The molecule has 1 amide bonds. The van der Waals surface area contributed by atoms with Gasteiger partial charge in [0.25, 0.3) is 11.4 Å². The van der Waals surface area contributed by atoms with Crippen molar-refractivity contribution in [3.63, 3.8) is 0 Å². The van der Waals surface area contributed by atoms with Crippen molar-refractivity contribution in [3.8, 4) is 0 Å². The van der Waals surface area contributed by atoms with Gasteiger partial charge in [-0.2, -0.15) is 0 Å². The van der Waals surface area contributed by atoms with Crippen LogP contribution in [-0.4, -0.2) is 36.3 Å². The summed E-state index contributed by atoms with van der Waals surface area (Å²) in [6.07, 6.45) is 0. The summed E-state index contributed by atoms with van der Waals surface area (Å²) in [4.78, 5) is 11.4. The number of oxime groups is 1. The first-order valence-electron chi connectivity index (χ1n) is 4.95. The quantitative estimate of drug-likeness (QED) is 0.307. The molecule has 0 aromatic heterocycles. The molecule has 0 fully saturated rings. The molecule has 0 aliphatic heterocycles. The zero-order chi connectivity index (χ0) is 12.6. The Kier molecular flexibility index (Phi) is 6.96. The van der Waals surface area contributed by atoms with Crippen LogP contribution >= 0.6 is 7.60 Å². The second-order valence-electron chi connectivity index (χ2n) is 2.62. The number of rotatable bonds is 7. The summed E-state index contributed by atoms with van der Waals surface area (Å²) in [5, 5.41) is 13.8. The molecular weight excluding hydrogens is 235 g/mol. The first-order valence-corrected chi connectivity index (χ1v) is 6.49. The highest BCUT2D eigenvalue weighted by molar-refractivity contribution is 7.75. The molecule has 0 spiro atoms. The third kappa shape index (κ3) is 3.92. The number of amides is 1. The van der Waals surface area contributed by atoms with E-state index in [2.05, 4.69) is 10.5 Å². The van der Waals surface area contributed by atoms with Gasteiger partial charge in [0.05, 0.1) is 13.2 Å². The van der Waals surface area contributed by atoms with Crippen molar-refractivity contribution in [3.05, 3.63) is 0 Å². The van der Waals surface area contributed by atoms with Crippen LogP contribution in [0.25, 0.3) is 0 Å². The third-order valence-corrected chi connectivity index (χ3v) is 3.50. The van der Waals surface area contributed by atoms with Crippen molar-refractivity contribution in [2.75, 3.05) is 19.8 Å². The lowest BCUT2D eigenvalue weighted by molar-refractivity contribution is -0.114. The Bertz CT molecular complexity index is 295. The number of nitrogens with one attached hydrogen (secondary N) is 1. The van der Waals surface area contributed by atoms with E-state index in [1.807, 2.05) is 0 Å². The Morgan fingerprint density at radius 3 is 2.12 bits per heavy atom. The van der Waals surface area contributed by atoms with Gasteiger partial charge in [0.15, 0.2) is 0 Å². The van der Waals surface area contributed by atoms with E-state index in [9.17, 15) is 9.36 Å². The molecule has 8 heteroatoms. The largest absolute Gasteiger partial charge is 0.410 e. The van der Waals surface area contributed by atoms with Crippen LogP contribution in [0.2, 0.25) is 0 Å². The Hall–Kier alpha value is -0.910. The predicted octanol–water partition coefficient (Wildman–Crippen LogP) is 1.18. The first-order chi connectivity index (χ1) is 7.55. The van der Waals surface area contributed by atoms with Crippen LogP contribution in [0.1, 0.15) is 20.8 Å². The van der Waals surface area contributed by atoms with Gasteiger partial charge in [-0.15, -0.1) is 0 Å². The summed E-state index contributed by atoms with van der Waals surface area (Å²) < 4.78 is 21.8. The Labute approximate surface area is 94.3 Å². The van der Waals surface area contributed by atoms with Crippen LogP contribution in [0.4, 0.5) is 0 Å². The summed E-state index contributed by atoms with van der Waals surface area (Å²) in [6, 6.07) is 0. The number of hydrogen-bond donors (Lipinski definition) is 2. The van der Waals surface area contributed by atoms with Crippen LogP contribution in [-0.2, 0) is 18.4 Å². The number of carbonyl (C=O) groups excluding carboxylic acids is 1. The van der Waals surface area contributed by atoms with E-state index < -0.39 is 19.0 Å². The number of hydrogen-bond acceptors (Lipinski definition) is 6. The summed E-state index contributed by atoms with van der Waals surface area (Å²) in [6.45, 7) is 5.34. The van der Waals surface area contributed by atoms with E-state index in [4.69, 9.17) is 14.3 Å². The van der Waals surface area contributed by atoms with Crippen molar-refractivity contribution in [2.45, 2.75) is 20.8 Å². The van der Waals surface area contributed by atoms with Gasteiger partial charge >= 0.3 is 7.60 Å². The minimum Gasteiger partial charge on any atom is -0.410 e. The van der Waals surface area contributed by atoms with E-state index in [1.54, 1.807) is 20.8 Å². The van der Waals surface area contributed by atoms with Gasteiger partial charge in [0.2, 0.25) is 0 Å². The molecule has 16 heavy (non-hydrogen) atoms. The molecule has 0 saturated heterocycles. The monoisotopic (exact) mass is 252 g/mol. The van der Waals surface area contributed by atoms with Gasteiger partial charge in [-0.25, -0.2) is 0 Å². The normalized spacial score (nSPS) is 12.6. The van der Waals surface area contributed by atoms with Crippen molar-refractivity contribution in [1.82, 2.24) is 5.32 Å². The molecule has 0 bridgehead atoms. The molecular formula is C8H17N2O5P. The topological polar surface area (TPSA) is 97.2 Å². The van der Waals surface area contributed by atoms with Crippen LogP contribution < -0.4 is 5.32 Å². The van der Waals surface area contributed by atoms with Crippen LogP contribution in [0.15, 0.2) is 5.16 Å². The van der Waals surface area contributed by atoms with Crippen LogP contribution in [0.3, 0.4) is 0 Å². The fourth-order valence-electron chi connectivity index (χ4n) is 0.964. The number of nitrogens with zero attached hydrogens (tertiary/aromatic N) is 1. The summed E-state index contributed by atoms with van der Waals surface area (Å²) >= 11 is 0. The van der Waals surface area contributed by atoms with Crippen molar-refractivity contribution >= 4 is 19.0 Å². The predicted molar refractivity (Wildman–Crippen MR) is 58.8 cm³/mol. The van der Waals surface area contributed by atoms with Gasteiger partial charge in [-0.1, -0.05) is 5.16 Å². The van der Waals surface area contributed by atoms with Gasteiger partial charge in [0.1, 0.15) is 0 Å². The lowest BCUT2D eigenvalue weighted by Crippen LogP contribution is -2.31. The zero-order valence-corrected chi connectivity index (χ0v) is 10.5. The van der Waals surface area contributed by atoms with E-state index >= 15 is 0 Å². The summed E-state index contributed by atoms with van der Waals surface area (Å²) in [5.74, 6) is -0.768. The highest BCUT2D eigenvalue weighted by Gasteiger charge is 2.37. The fraction of sp³-hybridized carbons (Fsp3) is 0.750. The average molecular weight is 252 g/mol. The summed E-state index contributed by atoms with van der Waals surface area (Å²) in [7, 11) is -3.83. The zero-order valence-electron chi connectivity index (χ0n) is 9.60. The highest BCUT2D eigenvalue weighted by atomic mass is 31.2. The molecule has 2 N–H and O–H groups in total. The third-order valence-electron chi connectivity index (χ3n) is 1.49. The highest BCUT2D eigenvalue weighted by Crippen LogP contribution is 2.49. The fourth-order valence-corrected chi connectivity index (χ4v) is 2.40. The van der Waals surface area contributed by atoms with Crippen LogP contribution in [0, 0.1) is 0 Å². The second kappa shape index (κ2) is 7.38. The number of carbonyl (C=O) groups is 1. The van der Waals surface area contributed by atoms with E-state index in [0.29, 0.717) is 6.54 Å². The molecule has 0 unspecified atom stereocenters. The van der Waals surface area contributed by atoms with E-state index in [0.717, 1.165) is 0 Å². The smallest absolute Gasteiger partial charge is 0.388 e. The van der Waals surface area contributed by atoms with Crippen LogP contribution in [0.5, 0.6) is 0 Å².